The lowest BCUT2D eigenvalue weighted by Crippen LogP contribution is -2.34. The van der Waals surface area contributed by atoms with Crippen LogP contribution < -0.4 is 20.7 Å². The molecule has 0 aromatic heterocycles. The van der Waals surface area contributed by atoms with Gasteiger partial charge in [-0.3, -0.25) is 14.9 Å². The Kier molecular flexibility index (Phi) is 7.75. The van der Waals surface area contributed by atoms with E-state index < -0.39 is 0 Å². The SMILES string of the molecule is CCOc1ccc(C(=O)NC(=S)Nc2cccc(NC(=O)c3ccccc3)c2)cc1Br. The molecular formula is C23H20BrN3O3S. The first-order valence-electron chi connectivity index (χ1n) is 9.47. The highest BCUT2D eigenvalue weighted by molar-refractivity contribution is 9.10. The first-order valence-corrected chi connectivity index (χ1v) is 10.7. The first kappa shape index (κ1) is 22.5. The lowest BCUT2D eigenvalue weighted by Gasteiger charge is -2.12. The third-order valence-electron chi connectivity index (χ3n) is 4.14. The van der Waals surface area contributed by atoms with E-state index in [1.54, 1.807) is 66.7 Å². The Balaban J connectivity index is 1.60. The number of amides is 2. The fourth-order valence-corrected chi connectivity index (χ4v) is 3.42. The highest BCUT2D eigenvalue weighted by atomic mass is 79.9. The van der Waals surface area contributed by atoms with Crippen LogP contribution in [0.5, 0.6) is 5.75 Å². The van der Waals surface area contributed by atoms with Crippen molar-refractivity contribution in [3.05, 3.63) is 88.4 Å². The van der Waals surface area contributed by atoms with Crippen LogP contribution in [0.1, 0.15) is 27.6 Å². The van der Waals surface area contributed by atoms with Gasteiger partial charge in [0.2, 0.25) is 0 Å². The van der Waals surface area contributed by atoms with Crippen molar-refractivity contribution in [3.8, 4) is 5.75 Å². The summed E-state index contributed by atoms with van der Waals surface area (Å²) in [6, 6.07) is 21.0. The molecule has 0 unspecified atom stereocenters. The van der Waals surface area contributed by atoms with Crippen LogP contribution in [-0.4, -0.2) is 23.5 Å². The zero-order chi connectivity index (χ0) is 22.2. The van der Waals surface area contributed by atoms with E-state index >= 15 is 0 Å². The second-order valence-electron chi connectivity index (χ2n) is 6.39. The summed E-state index contributed by atoms with van der Waals surface area (Å²) >= 11 is 8.65. The molecule has 0 saturated carbocycles. The molecule has 0 aliphatic heterocycles. The Morgan fingerprint density at radius 3 is 2.26 bits per heavy atom. The average Bonchev–Trinajstić information content (AvgIpc) is 2.76. The maximum Gasteiger partial charge on any atom is 0.257 e. The van der Waals surface area contributed by atoms with E-state index in [-0.39, 0.29) is 16.9 Å². The standard InChI is InChI=1S/C23H20BrN3O3S/c1-2-30-20-12-11-16(13-19(20)24)22(29)27-23(31)26-18-10-6-9-17(14-18)25-21(28)15-7-4-3-5-8-15/h3-14H,2H2,1H3,(H,25,28)(H2,26,27,29,31). The Hall–Kier alpha value is -3.23. The smallest absolute Gasteiger partial charge is 0.257 e. The second kappa shape index (κ2) is 10.7. The highest BCUT2D eigenvalue weighted by Crippen LogP contribution is 2.26. The van der Waals surface area contributed by atoms with Crippen molar-refractivity contribution in [3.63, 3.8) is 0 Å². The van der Waals surface area contributed by atoms with Gasteiger partial charge in [-0.2, -0.15) is 0 Å². The van der Waals surface area contributed by atoms with Crippen LogP contribution in [0.2, 0.25) is 0 Å². The molecule has 0 aliphatic carbocycles. The van der Waals surface area contributed by atoms with Crippen LogP contribution in [0.25, 0.3) is 0 Å². The van der Waals surface area contributed by atoms with Gasteiger partial charge in [0.1, 0.15) is 5.75 Å². The Bertz CT molecular complexity index is 1110. The molecule has 0 spiro atoms. The lowest BCUT2D eigenvalue weighted by molar-refractivity contribution is 0.0976. The van der Waals surface area contributed by atoms with E-state index in [0.29, 0.717) is 39.3 Å². The van der Waals surface area contributed by atoms with Crippen molar-refractivity contribution in [2.24, 2.45) is 0 Å². The number of carbonyl (C=O) groups excluding carboxylic acids is 2. The van der Waals surface area contributed by atoms with Crippen molar-refractivity contribution < 1.29 is 14.3 Å². The van der Waals surface area contributed by atoms with Gasteiger partial charge in [0.15, 0.2) is 5.11 Å². The van der Waals surface area contributed by atoms with Gasteiger partial charge in [-0.25, -0.2) is 0 Å². The number of rotatable bonds is 6. The third-order valence-corrected chi connectivity index (χ3v) is 4.96. The number of halogens is 1. The zero-order valence-corrected chi connectivity index (χ0v) is 19.0. The molecule has 2 amide bonds. The molecule has 158 valence electrons. The molecule has 0 radical (unpaired) electrons. The third kappa shape index (κ3) is 6.37. The minimum atomic E-state index is -0.352. The number of carbonyl (C=O) groups is 2. The average molecular weight is 498 g/mol. The number of hydrogen-bond donors (Lipinski definition) is 3. The van der Waals surface area contributed by atoms with Crippen LogP contribution in [0.3, 0.4) is 0 Å². The summed E-state index contributed by atoms with van der Waals surface area (Å²) in [5.41, 5.74) is 2.22. The molecule has 0 atom stereocenters. The van der Waals surface area contributed by atoms with Gasteiger partial charge in [-0.1, -0.05) is 24.3 Å². The van der Waals surface area contributed by atoms with Gasteiger partial charge in [0, 0.05) is 22.5 Å². The number of hydrogen-bond acceptors (Lipinski definition) is 4. The number of benzene rings is 3. The van der Waals surface area contributed by atoms with Crippen molar-refractivity contribution in [1.29, 1.82) is 0 Å². The lowest BCUT2D eigenvalue weighted by atomic mass is 10.2. The second-order valence-corrected chi connectivity index (χ2v) is 7.65. The van der Waals surface area contributed by atoms with E-state index in [9.17, 15) is 9.59 Å². The van der Waals surface area contributed by atoms with Gasteiger partial charge in [-0.15, -0.1) is 0 Å². The summed E-state index contributed by atoms with van der Waals surface area (Å²) in [6.07, 6.45) is 0. The van der Waals surface area contributed by atoms with Crippen LogP contribution in [0.15, 0.2) is 77.3 Å². The van der Waals surface area contributed by atoms with Gasteiger partial charge in [0.25, 0.3) is 11.8 Å². The van der Waals surface area contributed by atoms with Crippen LogP contribution >= 0.6 is 28.1 Å². The molecule has 6 nitrogen and oxygen atoms in total. The molecule has 31 heavy (non-hydrogen) atoms. The molecule has 8 heteroatoms. The van der Waals surface area contributed by atoms with Gasteiger partial charge in [-0.05, 0) is 83.6 Å². The first-order chi connectivity index (χ1) is 15.0. The number of nitrogens with one attached hydrogen (secondary N) is 3. The number of anilines is 2. The van der Waals surface area contributed by atoms with Crippen molar-refractivity contribution in [1.82, 2.24) is 5.32 Å². The molecule has 3 N–H and O–H groups in total. The van der Waals surface area contributed by atoms with E-state index in [4.69, 9.17) is 17.0 Å². The Labute approximate surface area is 194 Å². The van der Waals surface area contributed by atoms with Gasteiger partial charge < -0.3 is 15.4 Å². The minimum Gasteiger partial charge on any atom is -0.493 e. The van der Waals surface area contributed by atoms with E-state index in [0.717, 1.165) is 0 Å². The fraction of sp³-hybridized carbons (Fsp3) is 0.0870. The summed E-state index contributed by atoms with van der Waals surface area (Å²) in [5.74, 6) is 0.0959. The molecule has 0 saturated heterocycles. The number of ether oxygens (including phenoxy) is 1. The summed E-state index contributed by atoms with van der Waals surface area (Å²) in [5, 5.41) is 8.57. The minimum absolute atomic E-state index is 0.140. The summed E-state index contributed by atoms with van der Waals surface area (Å²) in [7, 11) is 0. The van der Waals surface area contributed by atoms with Crippen LogP contribution in [0.4, 0.5) is 11.4 Å². The highest BCUT2D eigenvalue weighted by Gasteiger charge is 2.11. The molecule has 3 aromatic carbocycles. The van der Waals surface area contributed by atoms with Crippen molar-refractivity contribution in [2.45, 2.75) is 6.92 Å². The molecular weight excluding hydrogens is 478 g/mol. The number of thiocarbonyl (C=S) groups is 1. The van der Waals surface area contributed by atoms with E-state index in [2.05, 4.69) is 31.9 Å². The maximum absolute atomic E-state index is 12.5. The van der Waals surface area contributed by atoms with Crippen molar-refractivity contribution in [2.75, 3.05) is 17.2 Å². The molecule has 0 aliphatic rings. The normalized spacial score (nSPS) is 10.1. The van der Waals surface area contributed by atoms with Crippen molar-refractivity contribution >= 4 is 56.4 Å². The molecule has 0 fully saturated rings. The maximum atomic E-state index is 12.5. The van der Waals surface area contributed by atoms with E-state index in [1.165, 1.54) is 0 Å². The largest absolute Gasteiger partial charge is 0.493 e. The molecule has 3 rings (SSSR count). The summed E-state index contributed by atoms with van der Waals surface area (Å²) < 4.78 is 6.13. The van der Waals surface area contributed by atoms with Gasteiger partial charge in [0.05, 0.1) is 11.1 Å². The predicted molar refractivity (Wildman–Crippen MR) is 130 cm³/mol. The monoisotopic (exact) mass is 497 g/mol. The summed E-state index contributed by atoms with van der Waals surface area (Å²) in [6.45, 7) is 2.42. The molecule has 3 aromatic rings. The van der Waals surface area contributed by atoms with Crippen LogP contribution in [0, 0.1) is 0 Å². The van der Waals surface area contributed by atoms with Gasteiger partial charge >= 0.3 is 0 Å². The zero-order valence-electron chi connectivity index (χ0n) is 16.6. The Morgan fingerprint density at radius 2 is 1.58 bits per heavy atom. The van der Waals surface area contributed by atoms with E-state index in [1.807, 2.05) is 13.0 Å². The Morgan fingerprint density at radius 1 is 0.871 bits per heavy atom. The molecule has 0 bridgehead atoms. The topological polar surface area (TPSA) is 79.5 Å². The molecule has 0 heterocycles. The fourth-order valence-electron chi connectivity index (χ4n) is 2.72. The quantitative estimate of drug-likeness (QED) is 0.406. The predicted octanol–water partition coefficient (Wildman–Crippen LogP) is 5.23. The summed E-state index contributed by atoms with van der Waals surface area (Å²) in [4.78, 5) is 24.8. The van der Waals surface area contributed by atoms with Crippen LogP contribution in [-0.2, 0) is 0 Å².